The quantitative estimate of drug-likeness (QED) is 0.352. The number of carbonyl (C=O) groups excluding carboxylic acids is 2. The van der Waals surface area contributed by atoms with Gasteiger partial charge in [-0.15, -0.1) is 0 Å². The summed E-state index contributed by atoms with van der Waals surface area (Å²) >= 11 is 0. The van der Waals surface area contributed by atoms with Crippen LogP contribution in [0.25, 0.3) is 5.76 Å². The largest absolute Gasteiger partial charge is 0.507 e. The maximum absolute atomic E-state index is 14.4. The van der Waals surface area contributed by atoms with Crippen LogP contribution in [0.4, 0.5) is 4.39 Å². The van der Waals surface area contributed by atoms with Crippen molar-refractivity contribution in [2.75, 3.05) is 46.5 Å². The summed E-state index contributed by atoms with van der Waals surface area (Å²) in [5.74, 6) is -2.47. The van der Waals surface area contributed by atoms with E-state index in [0.29, 0.717) is 26.2 Å². The Bertz CT molecular complexity index is 1110. The highest BCUT2D eigenvalue weighted by atomic mass is 19.1. The molecule has 2 aromatic carbocycles. The molecule has 7 nitrogen and oxygen atoms in total. The molecule has 0 spiro atoms. The molecule has 4 rings (SSSR count). The van der Waals surface area contributed by atoms with Crippen molar-refractivity contribution >= 4 is 17.4 Å². The van der Waals surface area contributed by atoms with Gasteiger partial charge >= 0.3 is 0 Å². The van der Waals surface area contributed by atoms with Gasteiger partial charge in [0.25, 0.3) is 11.7 Å². The molecular formula is C27H31FN2O5. The van der Waals surface area contributed by atoms with E-state index in [0.717, 1.165) is 43.2 Å². The highest BCUT2D eigenvalue weighted by molar-refractivity contribution is 6.46. The van der Waals surface area contributed by atoms with Crippen LogP contribution in [0, 0.1) is 5.82 Å². The molecule has 1 amide bonds. The zero-order chi connectivity index (χ0) is 24.9. The average Bonchev–Trinajstić information content (AvgIpc) is 3.14. The van der Waals surface area contributed by atoms with Crippen molar-refractivity contribution in [2.45, 2.75) is 25.8 Å². The number of ketones is 1. The third-order valence-corrected chi connectivity index (χ3v) is 6.65. The smallest absolute Gasteiger partial charge is 0.295 e. The van der Waals surface area contributed by atoms with Crippen LogP contribution in [0.1, 0.15) is 36.1 Å². The number of carbonyl (C=O) groups is 2. The van der Waals surface area contributed by atoms with E-state index in [1.54, 1.807) is 0 Å². The van der Waals surface area contributed by atoms with Crippen molar-refractivity contribution in [3.63, 3.8) is 0 Å². The summed E-state index contributed by atoms with van der Waals surface area (Å²) in [6.07, 6.45) is 1.53. The molecule has 186 valence electrons. The number of morpholine rings is 1. The first-order valence-corrected chi connectivity index (χ1v) is 12.0. The Kier molecular flexibility index (Phi) is 7.83. The lowest BCUT2D eigenvalue weighted by molar-refractivity contribution is -0.140. The van der Waals surface area contributed by atoms with Gasteiger partial charge < -0.3 is 19.5 Å². The minimum atomic E-state index is -0.769. The monoisotopic (exact) mass is 482 g/mol. The van der Waals surface area contributed by atoms with Crippen molar-refractivity contribution in [3.05, 3.63) is 70.5 Å². The number of aliphatic hydroxyl groups is 1. The van der Waals surface area contributed by atoms with Crippen LogP contribution in [0.2, 0.25) is 0 Å². The number of aryl methyl sites for hydroxylation is 1. The van der Waals surface area contributed by atoms with Gasteiger partial charge in [-0.25, -0.2) is 4.39 Å². The number of aliphatic hydroxyl groups excluding tert-OH is 1. The molecule has 8 heteroatoms. The van der Waals surface area contributed by atoms with E-state index >= 15 is 0 Å². The van der Waals surface area contributed by atoms with Gasteiger partial charge in [0.2, 0.25) is 0 Å². The van der Waals surface area contributed by atoms with E-state index in [-0.39, 0.29) is 16.9 Å². The third kappa shape index (κ3) is 5.23. The van der Waals surface area contributed by atoms with Crippen molar-refractivity contribution in [1.29, 1.82) is 0 Å². The molecule has 0 aromatic heterocycles. The highest BCUT2D eigenvalue weighted by Crippen LogP contribution is 2.40. The lowest BCUT2D eigenvalue weighted by atomic mass is 9.94. The van der Waals surface area contributed by atoms with E-state index in [1.807, 2.05) is 31.2 Å². The first kappa shape index (κ1) is 24.9. The number of likely N-dealkylation sites (tertiary alicyclic amines) is 1. The fourth-order valence-corrected chi connectivity index (χ4v) is 4.65. The Morgan fingerprint density at radius 2 is 1.83 bits per heavy atom. The molecule has 0 radical (unpaired) electrons. The van der Waals surface area contributed by atoms with Gasteiger partial charge in [0.15, 0.2) is 11.6 Å². The summed E-state index contributed by atoms with van der Waals surface area (Å²) in [4.78, 5) is 30.1. The molecule has 0 saturated carbocycles. The number of halogens is 1. The van der Waals surface area contributed by atoms with Crippen LogP contribution in [0.15, 0.2) is 48.0 Å². The van der Waals surface area contributed by atoms with Gasteiger partial charge in [-0.2, -0.15) is 0 Å². The molecule has 0 aliphatic carbocycles. The first-order chi connectivity index (χ1) is 16.9. The second-order valence-corrected chi connectivity index (χ2v) is 8.74. The van der Waals surface area contributed by atoms with Crippen LogP contribution < -0.4 is 4.74 Å². The second kappa shape index (κ2) is 11.0. The summed E-state index contributed by atoms with van der Waals surface area (Å²) in [6, 6.07) is 10.9. The lowest BCUT2D eigenvalue weighted by Crippen LogP contribution is -2.38. The first-order valence-electron chi connectivity index (χ1n) is 12.0. The van der Waals surface area contributed by atoms with E-state index in [1.165, 1.54) is 24.1 Å². The summed E-state index contributed by atoms with van der Waals surface area (Å²) in [5.41, 5.74) is 1.93. The van der Waals surface area contributed by atoms with E-state index in [2.05, 4.69) is 4.90 Å². The molecule has 2 aromatic rings. The Morgan fingerprint density at radius 3 is 2.46 bits per heavy atom. The number of hydrogen-bond donors (Lipinski definition) is 1. The Hall–Kier alpha value is -3.23. The highest BCUT2D eigenvalue weighted by Gasteiger charge is 2.45. The number of methoxy groups -OCH3 is 1. The molecule has 2 aliphatic rings. The Balaban J connectivity index is 1.69. The van der Waals surface area contributed by atoms with E-state index < -0.39 is 29.3 Å². The minimum absolute atomic E-state index is 0.0248. The fraction of sp³-hybridized carbons (Fsp3) is 0.407. The standard InChI is InChI=1S/C27H31FN2O5/c1-3-18-5-7-19(8-6-18)24-23(25(31)20-9-10-22(34-2)21(28)17-20)26(32)27(33)30(24)12-4-11-29-13-15-35-16-14-29/h5-10,17,24,31H,3-4,11-16H2,1-2H3. The van der Waals surface area contributed by atoms with E-state index in [4.69, 9.17) is 9.47 Å². The molecule has 0 bridgehead atoms. The van der Waals surface area contributed by atoms with Crippen LogP contribution in [-0.2, 0) is 20.7 Å². The van der Waals surface area contributed by atoms with Crippen molar-refractivity contribution in [2.24, 2.45) is 0 Å². The number of Topliss-reactive ketones (excluding diaryl/α,β-unsaturated/α-hetero) is 1. The van der Waals surface area contributed by atoms with Gasteiger partial charge in [-0.05, 0) is 42.2 Å². The average molecular weight is 483 g/mol. The summed E-state index contributed by atoms with van der Waals surface area (Å²) in [5, 5.41) is 11.1. The lowest BCUT2D eigenvalue weighted by Gasteiger charge is -2.29. The Labute approximate surface area is 204 Å². The van der Waals surface area contributed by atoms with Crippen LogP contribution in [0.3, 0.4) is 0 Å². The number of hydrogen-bond acceptors (Lipinski definition) is 6. The van der Waals surface area contributed by atoms with Crippen LogP contribution >= 0.6 is 0 Å². The number of rotatable bonds is 8. The van der Waals surface area contributed by atoms with Gasteiger partial charge in [0.1, 0.15) is 5.76 Å². The molecule has 1 N–H and O–H groups in total. The van der Waals surface area contributed by atoms with Crippen LogP contribution in [-0.4, -0.2) is 73.1 Å². The topological polar surface area (TPSA) is 79.3 Å². The zero-order valence-corrected chi connectivity index (χ0v) is 20.1. The number of nitrogens with zero attached hydrogens (tertiary/aromatic N) is 2. The summed E-state index contributed by atoms with van der Waals surface area (Å²) in [7, 11) is 1.35. The van der Waals surface area contributed by atoms with Crippen molar-refractivity contribution in [1.82, 2.24) is 9.80 Å². The maximum Gasteiger partial charge on any atom is 0.295 e. The molecule has 1 atom stereocenters. The van der Waals surface area contributed by atoms with Gasteiger partial charge in [0.05, 0.1) is 31.9 Å². The normalized spacial score (nSPS) is 20.4. The predicted octanol–water partition coefficient (Wildman–Crippen LogP) is 3.54. The van der Waals surface area contributed by atoms with Gasteiger partial charge in [-0.3, -0.25) is 14.5 Å². The van der Waals surface area contributed by atoms with Crippen LogP contribution in [0.5, 0.6) is 5.75 Å². The maximum atomic E-state index is 14.4. The third-order valence-electron chi connectivity index (χ3n) is 6.65. The SMILES string of the molecule is CCc1ccc(C2C(=C(O)c3ccc(OC)c(F)c3)C(=O)C(=O)N2CCCN2CCOCC2)cc1. The molecule has 35 heavy (non-hydrogen) atoms. The molecular weight excluding hydrogens is 451 g/mol. The molecule has 2 aliphatic heterocycles. The number of amides is 1. The van der Waals surface area contributed by atoms with Crippen molar-refractivity contribution < 1.29 is 28.6 Å². The predicted molar refractivity (Wildman–Crippen MR) is 130 cm³/mol. The van der Waals surface area contributed by atoms with E-state index in [9.17, 15) is 19.1 Å². The minimum Gasteiger partial charge on any atom is -0.507 e. The zero-order valence-electron chi connectivity index (χ0n) is 20.1. The molecule has 2 heterocycles. The summed E-state index contributed by atoms with van der Waals surface area (Å²) < 4.78 is 24.7. The molecule has 1 unspecified atom stereocenters. The second-order valence-electron chi connectivity index (χ2n) is 8.74. The molecule has 2 saturated heterocycles. The summed E-state index contributed by atoms with van der Waals surface area (Å²) in [6.45, 7) is 6.23. The Morgan fingerprint density at radius 1 is 1.11 bits per heavy atom. The molecule has 2 fully saturated rings. The fourth-order valence-electron chi connectivity index (χ4n) is 4.65. The number of benzene rings is 2. The van der Waals surface area contributed by atoms with Gasteiger partial charge in [-0.1, -0.05) is 31.2 Å². The number of ether oxygens (including phenoxy) is 2. The van der Waals surface area contributed by atoms with Gasteiger partial charge in [0, 0.05) is 31.7 Å². The van der Waals surface area contributed by atoms with Crippen molar-refractivity contribution in [3.8, 4) is 5.75 Å².